The number of rotatable bonds is 2. The van der Waals surface area contributed by atoms with Crippen molar-refractivity contribution < 1.29 is 0 Å². The van der Waals surface area contributed by atoms with Gasteiger partial charge in [-0.1, -0.05) is 176 Å². The lowest BCUT2D eigenvalue weighted by molar-refractivity contribution is 1.56. The zero-order valence-electron chi connectivity index (χ0n) is 31.0. The van der Waals surface area contributed by atoms with Gasteiger partial charge in [-0.2, -0.15) is 0 Å². The van der Waals surface area contributed by atoms with Crippen LogP contribution < -0.4 is 0 Å². The van der Waals surface area contributed by atoms with Crippen LogP contribution in [-0.2, 0) is 0 Å². The fourth-order valence-electron chi connectivity index (χ4n) is 10.4. The Hall–Kier alpha value is -7.48. The summed E-state index contributed by atoms with van der Waals surface area (Å²) in [6, 6.07) is 72.2. The molecule has 0 spiro atoms. The first-order chi connectivity index (χ1) is 28.3. The molecule has 0 amide bonds. The second-order valence-electron chi connectivity index (χ2n) is 15.6. The van der Waals surface area contributed by atoms with Crippen molar-refractivity contribution in [3.05, 3.63) is 194 Å². The van der Waals surface area contributed by atoms with Crippen LogP contribution in [0.2, 0.25) is 0 Å². The summed E-state index contributed by atoms with van der Waals surface area (Å²) in [6.45, 7) is 0. The van der Waals surface area contributed by atoms with Crippen LogP contribution in [0.4, 0.5) is 0 Å². The highest BCUT2D eigenvalue weighted by Gasteiger charge is 2.22. The Morgan fingerprint density at radius 2 is 0.632 bits per heavy atom. The van der Waals surface area contributed by atoms with Gasteiger partial charge in [-0.3, -0.25) is 0 Å². The standard InChI is InChI=1S/C56H33N/c1-2-19-38-34(15-1)35-16-3-7-21-40(35)53-41-22-8-5-20-39(41)49(32-48(38)53)54-45-26-12-10-24-43(45)52(44-25-11-13-27-46(44)54)33-29-30-51-50(31-33)55-42-23-9-4-17-36(42)37-18-6-14-28-47(37)56(55)57-51/h1-32,57H. The van der Waals surface area contributed by atoms with E-state index in [4.69, 9.17) is 0 Å². The Morgan fingerprint density at radius 1 is 0.246 bits per heavy atom. The van der Waals surface area contributed by atoms with E-state index in [9.17, 15) is 0 Å². The highest BCUT2D eigenvalue weighted by Crippen LogP contribution is 2.49. The lowest BCUT2D eigenvalue weighted by atomic mass is 9.82. The molecule has 0 aliphatic carbocycles. The summed E-state index contributed by atoms with van der Waals surface area (Å²) in [5.41, 5.74) is 7.40. The number of H-pyrrole nitrogens is 1. The van der Waals surface area contributed by atoms with Crippen LogP contribution >= 0.6 is 0 Å². The van der Waals surface area contributed by atoms with E-state index in [1.807, 2.05) is 0 Å². The molecule has 57 heavy (non-hydrogen) atoms. The average Bonchev–Trinajstić information content (AvgIpc) is 3.67. The van der Waals surface area contributed by atoms with Gasteiger partial charge in [-0.25, -0.2) is 0 Å². The molecule has 0 bridgehead atoms. The second kappa shape index (κ2) is 11.5. The SMILES string of the molecule is c1ccc2c(-c3cc4c5ccccc5c5ccccc5c4c4ccccc34)c3ccccc3c(-c3ccc4[nH]c5c6ccccc6c6ccccc6c5c4c3)c2c1. The number of fused-ring (bicyclic) bond motifs is 18. The van der Waals surface area contributed by atoms with E-state index in [-0.39, 0.29) is 0 Å². The van der Waals surface area contributed by atoms with Crippen molar-refractivity contribution in [3.8, 4) is 22.3 Å². The van der Waals surface area contributed by atoms with Gasteiger partial charge in [0.25, 0.3) is 0 Å². The van der Waals surface area contributed by atoms with Crippen molar-refractivity contribution in [2.75, 3.05) is 0 Å². The van der Waals surface area contributed by atoms with Crippen LogP contribution in [0.1, 0.15) is 0 Å². The first-order valence-electron chi connectivity index (χ1n) is 19.9. The summed E-state index contributed by atoms with van der Waals surface area (Å²) in [4.78, 5) is 3.85. The van der Waals surface area contributed by atoms with E-state index < -0.39 is 0 Å². The van der Waals surface area contributed by atoms with E-state index in [0.29, 0.717) is 0 Å². The third-order valence-electron chi connectivity index (χ3n) is 12.7. The monoisotopic (exact) mass is 719 g/mol. The smallest absolute Gasteiger partial charge is 0.0551 e. The minimum atomic E-state index is 1.16. The summed E-state index contributed by atoms with van der Waals surface area (Å²) in [5.74, 6) is 0. The van der Waals surface area contributed by atoms with Crippen molar-refractivity contribution in [1.29, 1.82) is 0 Å². The maximum atomic E-state index is 3.85. The molecule has 1 heterocycles. The Morgan fingerprint density at radius 3 is 1.19 bits per heavy atom. The first-order valence-corrected chi connectivity index (χ1v) is 19.9. The van der Waals surface area contributed by atoms with Gasteiger partial charge in [0.2, 0.25) is 0 Å². The van der Waals surface area contributed by atoms with Crippen molar-refractivity contribution in [2.24, 2.45) is 0 Å². The van der Waals surface area contributed by atoms with Crippen molar-refractivity contribution >= 4 is 108 Å². The molecule has 262 valence electrons. The average molecular weight is 720 g/mol. The summed E-state index contributed by atoms with van der Waals surface area (Å²) < 4.78 is 0. The van der Waals surface area contributed by atoms with E-state index in [1.54, 1.807) is 0 Å². The molecule has 0 aliphatic rings. The molecular formula is C56H33N. The van der Waals surface area contributed by atoms with Gasteiger partial charge < -0.3 is 4.98 Å². The lowest BCUT2D eigenvalue weighted by Gasteiger charge is -2.21. The van der Waals surface area contributed by atoms with Crippen LogP contribution in [0.3, 0.4) is 0 Å². The van der Waals surface area contributed by atoms with Crippen LogP contribution in [0.25, 0.3) is 130 Å². The predicted molar refractivity (Wildman–Crippen MR) is 247 cm³/mol. The molecule has 0 unspecified atom stereocenters. The third-order valence-corrected chi connectivity index (χ3v) is 12.7. The van der Waals surface area contributed by atoms with Crippen molar-refractivity contribution in [2.45, 2.75) is 0 Å². The van der Waals surface area contributed by atoms with Crippen molar-refractivity contribution in [1.82, 2.24) is 4.98 Å². The van der Waals surface area contributed by atoms with Gasteiger partial charge in [-0.05, 0) is 121 Å². The van der Waals surface area contributed by atoms with E-state index in [0.717, 1.165) is 5.52 Å². The molecule has 0 saturated heterocycles. The number of benzene rings is 12. The fourth-order valence-corrected chi connectivity index (χ4v) is 10.4. The summed E-state index contributed by atoms with van der Waals surface area (Å²) in [7, 11) is 0. The third kappa shape index (κ3) is 4.18. The second-order valence-corrected chi connectivity index (χ2v) is 15.6. The molecule has 0 fully saturated rings. The molecule has 1 N–H and O–H groups in total. The Bertz CT molecular complexity index is 3810. The highest BCUT2D eigenvalue weighted by atomic mass is 14.7. The largest absolute Gasteiger partial charge is 0.354 e. The van der Waals surface area contributed by atoms with Crippen LogP contribution in [0, 0.1) is 0 Å². The number of hydrogen-bond acceptors (Lipinski definition) is 0. The first kappa shape index (κ1) is 30.8. The van der Waals surface area contributed by atoms with E-state index in [2.05, 4.69) is 199 Å². The number of nitrogens with one attached hydrogen (secondary N) is 1. The van der Waals surface area contributed by atoms with Crippen molar-refractivity contribution in [3.63, 3.8) is 0 Å². The molecule has 0 radical (unpaired) electrons. The van der Waals surface area contributed by atoms with Crippen LogP contribution in [-0.4, -0.2) is 4.98 Å². The molecular weight excluding hydrogens is 687 g/mol. The molecule has 1 aromatic heterocycles. The predicted octanol–water partition coefficient (Wildman–Crippen LogP) is 15.9. The molecule has 12 aromatic carbocycles. The van der Waals surface area contributed by atoms with Gasteiger partial charge in [0.1, 0.15) is 0 Å². The quantitative estimate of drug-likeness (QED) is 0.135. The molecule has 13 aromatic rings. The molecule has 1 nitrogen and oxygen atoms in total. The number of hydrogen-bond donors (Lipinski definition) is 1. The maximum Gasteiger partial charge on any atom is 0.0551 e. The zero-order valence-corrected chi connectivity index (χ0v) is 31.0. The summed E-state index contributed by atoms with van der Waals surface area (Å²) in [5, 5.41) is 23.0. The van der Waals surface area contributed by atoms with Gasteiger partial charge in [-0.15, -0.1) is 0 Å². The number of aromatic nitrogens is 1. The highest BCUT2D eigenvalue weighted by molar-refractivity contribution is 6.35. The minimum Gasteiger partial charge on any atom is -0.354 e. The fraction of sp³-hybridized carbons (Fsp3) is 0. The van der Waals surface area contributed by atoms with Gasteiger partial charge in [0.15, 0.2) is 0 Å². The zero-order chi connectivity index (χ0) is 37.2. The normalized spacial score (nSPS) is 12.2. The Labute approximate surface area is 328 Å². The van der Waals surface area contributed by atoms with Gasteiger partial charge in [0.05, 0.1) is 5.52 Å². The lowest BCUT2D eigenvalue weighted by Crippen LogP contribution is -1.93. The summed E-state index contributed by atoms with van der Waals surface area (Å²) in [6.07, 6.45) is 0. The number of aromatic amines is 1. The molecule has 0 atom stereocenters. The Kier molecular flexibility index (Phi) is 6.23. The molecule has 13 rings (SSSR count). The van der Waals surface area contributed by atoms with Crippen LogP contribution in [0.5, 0.6) is 0 Å². The molecule has 0 aliphatic heterocycles. The van der Waals surface area contributed by atoms with Gasteiger partial charge >= 0.3 is 0 Å². The van der Waals surface area contributed by atoms with E-state index >= 15 is 0 Å². The van der Waals surface area contributed by atoms with E-state index in [1.165, 1.54) is 125 Å². The van der Waals surface area contributed by atoms with Gasteiger partial charge in [0, 0.05) is 21.7 Å². The topological polar surface area (TPSA) is 15.8 Å². The Balaban J connectivity index is 1.16. The summed E-state index contributed by atoms with van der Waals surface area (Å²) >= 11 is 0. The minimum absolute atomic E-state index is 1.16. The maximum absolute atomic E-state index is 3.85. The molecule has 1 heteroatoms. The van der Waals surface area contributed by atoms with Crippen LogP contribution in [0.15, 0.2) is 194 Å². The molecule has 0 saturated carbocycles.